The summed E-state index contributed by atoms with van der Waals surface area (Å²) in [6.07, 6.45) is 3.19. The summed E-state index contributed by atoms with van der Waals surface area (Å²) in [7, 11) is 0. The van der Waals surface area contributed by atoms with Crippen molar-refractivity contribution in [1.29, 1.82) is 0 Å². The van der Waals surface area contributed by atoms with E-state index in [0.29, 0.717) is 24.1 Å². The first-order chi connectivity index (χ1) is 11.2. The molecule has 120 valence electrons. The van der Waals surface area contributed by atoms with Crippen molar-refractivity contribution < 1.29 is 9.53 Å². The van der Waals surface area contributed by atoms with E-state index in [2.05, 4.69) is 15.6 Å². The van der Waals surface area contributed by atoms with Gasteiger partial charge in [0.05, 0.1) is 22.6 Å². The molecular weight excluding hydrogens is 314 g/mol. The Kier molecular flexibility index (Phi) is 5.10. The van der Waals surface area contributed by atoms with Gasteiger partial charge in [-0.1, -0.05) is 23.7 Å². The van der Waals surface area contributed by atoms with Crippen molar-refractivity contribution in [1.82, 2.24) is 4.98 Å². The summed E-state index contributed by atoms with van der Waals surface area (Å²) in [5, 5.41) is 6.69. The van der Waals surface area contributed by atoms with E-state index in [-0.39, 0.29) is 11.8 Å². The van der Waals surface area contributed by atoms with Crippen molar-refractivity contribution in [2.75, 3.05) is 23.8 Å². The summed E-state index contributed by atoms with van der Waals surface area (Å²) in [4.78, 5) is 16.4. The van der Waals surface area contributed by atoms with E-state index in [1.807, 2.05) is 30.3 Å². The van der Waals surface area contributed by atoms with E-state index >= 15 is 0 Å². The molecule has 1 saturated heterocycles. The molecule has 1 fully saturated rings. The summed E-state index contributed by atoms with van der Waals surface area (Å²) < 4.78 is 5.27. The molecule has 1 aliphatic heterocycles. The second-order valence-electron chi connectivity index (χ2n) is 5.41. The number of carbonyl (C=O) groups is 1. The smallest absolute Gasteiger partial charge is 0.228 e. The van der Waals surface area contributed by atoms with E-state index in [1.54, 1.807) is 12.3 Å². The van der Waals surface area contributed by atoms with E-state index in [9.17, 15) is 4.79 Å². The fourth-order valence-corrected chi connectivity index (χ4v) is 2.63. The monoisotopic (exact) mass is 331 g/mol. The standard InChI is InChI=1S/C17H18ClN3O2/c18-14-3-1-2-4-15(14)20-13-5-6-16(19-11-13)21-17(22)12-7-9-23-10-8-12/h1-6,11-12,20H,7-10H2,(H,19,21,22). The van der Waals surface area contributed by atoms with Crippen LogP contribution in [0.25, 0.3) is 0 Å². The topological polar surface area (TPSA) is 63.2 Å². The number of aromatic nitrogens is 1. The van der Waals surface area contributed by atoms with Gasteiger partial charge in [0.2, 0.25) is 5.91 Å². The molecule has 5 nitrogen and oxygen atoms in total. The van der Waals surface area contributed by atoms with Crippen LogP contribution in [0.1, 0.15) is 12.8 Å². The maximum absolute atomic E-state index is 12.1. The largest absolute Gasteiger partial charge is 0.381 e. The third-order valence-electron chi connectivity index (χ3n) is 3.76. The van der Waals surface area contributed by atoms with Crippen molar-refractivity contribution >= 4 is 34.7 Å². The number of halogens is 1. The Morgan fingerprint density at radius 2 is 1.96 bits per heavy atom. The van der Waals surface area contributed by atoms with E-state index in [4.69, 9.17) is 16.3 Å². The van der Waals surface area contributed by atoms with Crippen LogP contribution in [-0.2, 0) is 9.53 Å². The lowest BCUT2D eigenvalue weighted by Gasteiger charge is -2.20. The van der Waals surface area contributed by atoms with Gasteiger partial charge < -0.3 is 15.4 Å². The minimum Gasteiger partial charge on any atom is -0.381 e. The summed E-state index contributed by atoms with van der Waals surface area (Å²) >= 11 is 6.11. The summed E-state index contributed by atoms with van der Waals surface area (Å²) in [5.74, 6) is 0.560. The van der Waals surface area contributed by atoms with Crippen LogP contribution in [0, 0.1) is 5.92 Å². The molecule has 1 aromatic heterocycles. The van der Waals surface area contributed by atoms with Crippen LogP contribution in [-0.4, -0.2) is 24.1 Å². The van der Waals surface area contributed by atoms with Crippen LogP contribution in [0.5, 0.6) is 0 Å². The average Bonchev–Trinajstić information content (AvgIpc) is 2.59. The van der Waals surface area contributed by atoms with E-state index in [0.717, 1.165) is 24.2 Å². The first-order valence-electron chi connectivity index (χ1n) is 7.58. The number of amides is 1. The minimum absolute atomic E-state index is 0.00600. The Morgan fingerprint density at radius 1 is 1.17 bits per heavy atom. The minimum atomic E-state index is 0.00600. The fraction of sp³-hybridized carbons (Fsp3) is 0.294. The molecule has 1 aromatic carbocycles. The first-order valence-corrected chi connectivity index (χ1v) is 7.96. The second-order valence-corrected chi connectivity index (χ2v) is 5.82. The van der Waals surface area contributed by atoms with Gasteiger partial charge in [0.1, 0.15) is 5.82 Å². The van der Waals surface area contributed by atoms with Crippen LogP contribution in [0.4, 0.5) is 17.2 Å². The number of hydrogen-bond donors (Lipinski definition) is 2. The van der Waals surface area contributed by atoms with Gasteiger partial charge in [0, 0.05) is 19.1 Å². The maximum Gasteiger partial charge on any atom is 0.228 e. The van der Waals surface area contributed by atoms with Gasteiger partial charge in [0.25, 0.3) is 0 Å². The van der Waals surface area contributed by atoms with Gasteiger partial charge in [-0.15, -0.1) is 0 Å². The normalized spacial score (nSPS) is 15.2. The lowest BCUT2D eigenvalue weighted by molar-refractivity contribution is -0.122. The molecular formula is C17H18ClN3O2. The zero-order valence-corrected chi connectivity index (χ0v) is 13.3. The molecule has 23 heavy (non-hydrogen) atoms. The number of rotatable bonds is 4. The van der Waals surface area contributed by atoms with Gasteiger partial charge in [-0.3, -0.25) is 4.79 Å². The molecule has 0 saturated carbocycles. The molecule has 3 rings (SSSR count). The predicted molar refractivity (Wildman–Crippen MR) is 91.1 cm³/mol. The molecule has 0 unspecified atom stereocenters. The zero-order chi connectivity index (χ0) is 16.1. The highest BCUT2D eigenvalue weighted by Gasteiger charge is 2.21. The first kappa shape index (κ1) is 15.8. The summed E-state index contributed by atoms with van der Waals surface area (Å²) in [5.41, 5.74) is 1.62. The predicted octanol–water partition coefficient (Wildman–Crippen LogP) is 3.84. The summed E-state index contributed by atoms with van der Waals surface area (Å²) in [6, 6.07) is 11.1. The third-order valence-corrected chi connectivity index (χ3v) is 4.09. The molecule has 6 heteroatoms. The van der Waals surface area contributed by atoms with Crippen molar-refractivity contribution in [3.8, 4) is 0 Å². The van der Waals surface area contributed by atoms with Crippen LogP contribution in [0.3, 0.4) is 0 Å². The van der Waals surface area contributed by atoms with E-state index in [1.165, 1.54) is 0 Å². The highest BCUT2D eigenvalue weighted by Crippen LogP contribution is 2.25. The molecule has 0 radical (unpaired) electrons. The molecule has 0 spiro atoms. The molecule has 0 bridgehead atoms. The van der Waals surface area contributed by atoms with Crippen molar-refractivity contribution in [2.45, 2.75) is 12.8 Å². The number of nitrogens with one attached hydrogen (secondary N) is 2. The Labute approximate surface area is 140 Å². The molecule has 2 aromatic rings. The molecule has 1 amide bonds. The van der Waals surface area contributed by atoms with Crippen molar-refractivity contribution in [2.24, 2.45) is 5.92 Å². The number of pyridine rings is 1. The molecule has 0 atom stereocenters. The fourth-order valence-electron chi connectivity index (χ4n) is 2.45. The molecule has 1 aliphatic rings. The average molecular weight is 332 g/mol. The Morgan fingerprint density at radius 3 is 2.65 bits per heavy atom. The van der Waals surface area contributed by atoms with Gasteiger partial charge in [-0.05, 0) is 37.1 Å². The highest BCUT2D eigenvalue weighted by atomic mass is 35.5. The molecule has 2 N–H and O–H groups in total. The second kappa shape index (κ2) is 7.44. The zero-order valence-electron chi connectivity index (χ0n) is 12.6. The van der Waals surface area contributed by atoms with E-state index < -0.39 is 0 Å². The van der Waals surface area contributed by atoms with Crippen LogP contribution >= 0.6 is 11.6 Å². The van der Waals surface area contributed by atoms with Gasteiger partial charge >= 0.3 is 0 Å². The lowest BCUT2D eigenvalue weighted by atomic mass is 9.99. The number of carbonyl (C=O) groups excluding carboxylic acids is 1. The number of benzene rings is 1. The van der Waals surface area contributed by atoms with Crippen LogP contribution in [0.2, 0.25) is 5.02 Å². The summed E-state index contributed by atoms with van der Waals surface area (Å²) in [6.45, 7) is 1.29. The van der Waals surface area contributed by atoms with Gasteiger partial charge in [-0.2, -0.15) is 0 Å². The number of ether oxygens (including phenoxy) is 1. The Balaban J connectivity index is 1.60. The maximum atomic E-state index is 12.1. The van der Waals surface area contributed by atoms with Gasteiger partial charge in [-0.25, -0.2) is 4.98 Å². The van der Waals surface area contributed by atoms with Gasteiger partial charge in [0.15, 0.2) is 0 Å². The van der Waals surface area contributed by atoms with Crippen LogP contribution in [0.15, 0.2) is 42.6 Å². The molecule has 0 aliphatic carbocycles. The Bertz CT molecular complexity index is 670. The van der Waals surface area contributed by atoms with Crippen molar-refractivity contribution in [3.05, 3.63) is 47.6 Å². The number of para-hydroxylation sites is 1. The van der Waals surface area contributed by atoms with Crippen molar-refractivity contribution in [3.63, 3.8) is 0 Å². The number of nitrogens with zero attached hydrogens (tertiary/aromatic N) is 1. The quantitative estimate of drug-likeness (QED) is 0.893. The number of anilines is 3. The third kappa shape index (κ3) is 4.21. The van der Waals surface area contributed by atoms with Crippen LogP contribution < -0.4 is 10.6 Å². The molecule has 2 heterocycles. The lowest BCUT2D eigenvalue weighted by Crippen LogP contribution is -2.28. The SMILES string of the molecule is O=C(Nc1ccc(Nc2ccccc2Cl)cn1)C1CCOCC1. The highest BCUT2D eigenvalue weighted by molar-refractivity contribution is 6.33. The Hall–Kier alpha value is -2.11. The number of hydrogen-bond acceptors (Lipinski definition) is 4.